The van der Waals surface area contributed by atoms with E-state index in [1.165, 1.54) is 0 Å². The van der Waals surface area contributed by atoms with Gasteiger partial charge in [-0.05, 0) is 25.1 Å². The van der Waals surface area contributed by atoms with Crippen molar-refractivity contribution >= 4 is 5.91 Å². The van der Waals surface area contributed by atoms with E-state index in [-0.39, 0.29) is 5.91 Å². The van der Waals surface area contributed by atoms with Crippen LogP contribution in [0, 0.1) is 6.92 Å². The van der Waals surface area contributed by atoms with E-state index in [1.54, 1.807) is 30.1 Å². The molecule has 2 aromatic heterocycles. The van der Waals surface area contributed by atoms with Gasteiger partial charge in [-0.15, -0.1) is 0 Å². The average molecular weight is 216 g/mol. The average Bonchev–Trinajstić information content (AvgIpc) is 2.75. The fourth-order valence-corrected chi connectivity index (χ4v) is 1.37. The Hall–Kier alpha value is -2.17. The lowest BCUT2D eigenvalue weighted by atomic mass is 10.3. The Balaban J connectivity index is 2.39. The van der Waals surface area contributed by atoms with Crippen LogP contribution in [0.25, 0.3) is 5.69 Å². The van der Waals surface area contributed by atoms with Crippen LogP contribution in [0.2, 0.25) is 0 Å². The molecule has 0 aliphatic carbocycles. The quantitative estimate of drug-likeness (QED) is 0.812. The maximum absolute atomic E-state index is 11.4. The lowest BCUT2D eigenvalue weighted by Gasteiger charge is -2.03. The normalized spacial score (nSPS) is 10.1. The van der Waals surface area contributed by atoms with Crippen LogP contribution in [0.1, 0.15) is 16.2 Å². The highest BCUT2D eigenvalue weighted by atomic mass is 16.1. The zero-order valence-corrected chi connectivity index (χ0v) is 9.14. The number of pyridine rings is 1. The Kier molecular flexibility index (Phi) is 2.68. The molecule has 1 N–H and O–H groups in total. The molecule has 2 rings (SSSR count). The molecule has 0 unspecified atom stereocenters. The van der Waals surface area contributed by atoms with Gasteiger partial charge in [-0.3, -0.25) is 9.78 Å². The topological polar surface area (TPSA) is 59.8 Å². The fraction of sp³-hybridized carbons (Fsp3) is 0.182. The fourth-order valence-electron chi connectivity index (χ4n) is 1.37. The molecule has 0 aromatic carbocycles. The molecule has 0 saturated carbocycles. The van der Waals surface area contributed by atoms with E-state index >= 15 is 0 Å². The Labute approximate surface area is 93.1 Å². The Morgan fingerprint density at radius 3 is 2.88 bits per heavy atom. The molecule has 0 atom stereocenters. The van der Waals surface area contributed by atoms with Gasteiger partial charge >= 0.3 is 0 Å². The molecule has 5 heteroatoms. The van der Waals surface area contributed by atoms with Crippen molar-refractivity contribution in [3.8, 4) is 5.69 Å². The molecule has 82 valence electrons. The van der Waals surface area contributed by atoms with Crippen molar-refractivity contribution in [1.29, 1.82) is 0 Å². The van der Waals surface area contributed by atoms with Crippen molar-refractivity contribution < 1.29 is 4.79 Å². The van der Waals surface area contributed by atoms with Gasteiger partial charge in [0.25, 0.3) is 5.91 Å². The van der Waals surface area contributed by atoms with Gasteiger partial charge in [0.05, 0.1) is 11.4 Å². The van der Waals surface area contributed by atoms with Crippen molar-refractivity contribution in [2.75, 3.05) is 7.05 Å². The maximum atomic E-state index is 11.4. The zero-order chi connectivity index (χ0) is 11.5. The Morgan fingerprint density at radius 2 is 2.25 bits per heavy atom. The van der Waals surface area contributed by atoms with E-state index in [9.17, 15) is 4.79 Å². The van der Waals surface area contributed by atoms with E-state index in [0.29, 0.717) is 5.69 Å². The predicted octanol–water partition coefficient (Wildman–Crippen LogP) is 0.935. The third kappa shape index (κ3) is 1.93. The molecule has 0 fully saturated rings. The predicted molar refractivity (Wildman–Crippen MR) is 59.5 cm³/mol. The van der Waals surface area contributed by atoms with Gasteiger partial charge in [-0.1, -0.05) is 0 Å². The summed E-state index contributed by atoms with van der Waals surface area (Å²) in [5.74, 6) is -0.203. The summed E-state index contributed by atoms with van der Waals surface area (Å²) in [7, 11) is 1.58. The summed E-state index contributed by atoms with van der Waals surface area (Å²) < 4.78 is 1.71. The van der Waals surface area contributed by atoms with Crippen LogP contribution in [0.15, 0.2) is 30.6 Å². The van der Waals surface area contributed by atoms with Crippen molar-refractivity contribution in [3.05, 3.63) is 42.0 Å². The smallest absolute Gasteiger partial charge is 0.269 e. The maximum Gasteiger partial charge on any atom is 0.269 e. The zero-order valence-electron chi connectivity index (χ0n) is 9.14. The molecule has 0 saturated heterocycles. The number of rotatable bonds is 2. The molecule has 16 heavy (non-hydrogen) atoms. The summed E-state index contributed by atoms with van der Waals surface area (Å²) in [5.41, 5.74) is 2.13. The van der Waals surface area contributed by atoms with Crippen LogP contribution < -0.4 is 5.32 Å². The van der Waals surface area contributed by atoms with E-state index in [0.717, 1.165) is 11.4 Å². The van der Waals surface area contributed by atoms with Crippen LogP contribution in [0.3, 0.4) is 0 Å². The standard InChI is InChI=1S/C11H12N4O/c1-8-4-6-15(14-8)9-3-5-13-10(7-9)11(16)12-2/h3-7H,1-2H3,(H,12,16). The minimum atomic E-state index is -0.203. The number of hydrogen-bond acceptors (Lipinski definition) is 3. The minimum absolute atomic E-state index is 0.203. The SMILES string of the molecule is CNC(=O)c1cc(-n2ccc(C)n2)ccn1. The number of amides is 1. The Morgan fingerprint density at radius 1 is 1.44 bits per heavy atom. The highest BCUT2D eigenvalue weighted by molar-refractivity contribution is 5.92. The molecular weight excluding hydrogens is 204 g/mol. The monoisotopic (exact) mass is 216 g/mol. The number of aryl methyl sites for hydroxylation is 1. The van der Waals surface area contributed by atoms with E-state index < -0.39 is 0 Å². The number of aromatic nitrogens is 3. The second-order valence-corrected chi connectivity index (χ2v) is 3.38. The molecule has 0 aliphatic heterocycles. The summed E-state index contributed by atoms with van der Waals surface area (Å²) in [6.45, 7) is 1.91. The van der Waals surface area contributed by atoms with E-state index in [4.69, 9.17) is 0 Å². The molecule has 0 aliphatic rings. The lowest BCUT2D eigenvalue weighted by Crippen LogP contribution is -2.19. The van der Waals surface area contributed by atoms with Gasteiger partial charge in [0.15, 0.2) is 0 Å². The molecule has 2 aromatic rings. The van der Waals surface area contributed by atoms with Crippen molar-refractivity contribution in [1.82, 2.24) is 20.1 Å². The first-order valence-electron chi connectivity index (χ1n) is 4.91. The largest absolute Gasteiger partial charge is 0.354 e. The van der Waals surface area contributed by atoms with Gasteiger partial charge in [-0.2, -0.15) is 5.10 Å². The molecule has 5 nitrogen and oxygen atoms in total. The minimum Gasteiger partial charge on any atom is -0.354 e. The number of carbonyl (C=O) groups excluding carboxylic acids is 1. The summed E-state index contributed by atoms with van der Waals surface area (Å²) in [6, 6.07) is 5.41. The van der Waals surface area contributed by atoms with Crippen LogP contribution in [0.5, 0.6) is 0 Å². The van der Waals surface area contributed by atoms with Crippen molar-refractivity contribution in [3.63, 3.8) is 0 Å². The molecule has 0 spiro atoms. The number of hydrogen-bond donors (Lipinski definition) is 1. The van der Waals surface area contributed by atoms with Gasteiger partial charge < -0.3 is 5.32 Å². The molecule has 0 radical (unpaired) electrons. The summed E-state index contributed by atoms with van der Waals surface area (Å²) >= 11 is 0. The molecule has 0 bridgehead atoms. The second kappa shape index (κ2) is 4.14. The van der Waals surface area contributed by atoms with Gasteiger partial charge in [0.1, 0.15) is 5.69 Å². The number of carbonyl (C=O) groups is 1. The molecule has 1 amide bonds. The number of nitrogens with zero attached hydrogens (tertiary/aromatic N) is 3. The van der Waals surface area contributed by atoms with Crippen LogP contribution in [-0.2, 0) is 0 Å². The Bertz CT molecular complexity index is 518. The van der Waals surface area contributed by atoms with Crippen molar-refractivity contribution in [2.24, 2.45) is 0 Å². The first kappa shape index (κ1) is 10.4. The third-order valence-electron chi connectivity index (χ3n) is 2.19. The van der Waals surface area contributed by atoms with E-state index in [2.05, 4.69) is 15.4 Å². The summed E-state index contributed by atoms with van der Waals surface area (Å²) in [6.07, 6.45) is 3.44. The van der Waals surface area contributed by atoms with E-state index in [1.807, 2.05) is 19.2 Å². The van der Waals surface area contributed by atoms with Gasteiger partial charge in [-0.25, -0.2) is 4.68 Å². The first-order valence-corrected chi connectivity index (χ1v) is 4.91. The highest BCUT2D eigenvalue weighted by Gasteiger charge is 2.06. The first-order chi connectivity index (χ1) is 7.70. The second-order valence-electron chi connectivity index (χ2n) is 3.38. The summed E-state index contributed by atoms with van der Waals surface area (Å²) in [5, 5.41) is 6.80. The van der Waals surface area contributed by atoms with Gasteiger partial charge in [0, 0.05) is 19.4 Å². The van der Waals surface area contributed by atoms with Crippen LogP contribution in [0.4, 0.5) is 0 Å². The van der Waals surface area contributed by atoms with Crippen molar-refractivity contribution in [2.45, 2.75) is 6.92 Å². The molecular formula is C11H12N4O. The summed E-state index contributed by atoms with van der Waals surface area (Å²) in [4.78, 5) is 15.4. The highest BCUT2D eigenvalue weighted by Crippen LogP contribution is 2.08. The van der Waals surface area contributed by atoms with Crippen LogP contribution >= 0.6 is 0 Å². The third-order valence-corrected chi connectivity index (χ3v) is 2.19. The number of nitrogens with one attached hydrogen (secondary N) is 1. The molecule has 2 heterocycles. The van der Waals surface area contributed by atoms with Gasteiger partial charge in [0.2, 0.25) is 0 Å². The lowest BCUT2D eigenvalue weighted by molar-refractivity contribution is 0.0958. The van der Waals surface area contributed by atoms with Crippen LogP contribution in [-0.4, -0.2) is 27.7 Å².